The van der Waals surface area contributed by atoms with E-state index in [4.69, 9.17) is 5.11 Å². The van der Waals surface area contributed by atoms with Gasteiger partial charge in [-0.1, -0.05) is 31.0 Å². The van der Waals surface area contributed by atoms with Gasteiger partial charge in [-0.15, -0.1) is 0 Å². The molecule has 0 aliphatic rings. The van der Waals surface area contributed by atoms with Gasteiger partial charge in [-0.2, -0.15) is 18.3 Å². The first-order chi connectivity index (χ1) is 12.6. The van der Waals surface area contributed by atoms with Crippen LogP contribution in [-0.4, -0.2) is 33.3 Å². The normalized spacial score (nSPS) is 12.6. The molecule has 0 radical (unpaired) electrons. The maximum absolute atomic E-state index is 13.6. The molecular formula is C18H20F3N3O3. The van der Waals surface area contributed by atoms with Gasteiger partial charge in [-0.05, 0) is 25.5 Å². The molecule has 2 rings (SSSR count). The van der Waals surface area contributed by atoms with Crippen LogP contribution in [0.15, 0.2) is 30.5 Å². The van der Waals surface area contributed by atoms with Crippen molar-refractivity contribution in [2.75, 3.05) is 6.54 Å². The van der Waals surface area contributed by atoms with Crippen LogP contribution < -0.4 is 5.32 Å². The smallest absolute Gasteiger partial charge is 0.434 e. The monoisotopic (exact) mass is 383 g/mol. The second kappa shape index (κ2) is 8.24. The molecule has 2 N–H and O–H groups in total. The standard InChI is InChI=1S/C18H20F3N3O3/c1-3-4-12(17(26)27)9-22-16(25)14-10-23-24(15(14)18(19,20)21)13-7-5-11(2)6-8-13/h5-8,10,12H,3-4,9H2,1-2H3,(H,22,25)(H,26,27). The van der Waals surface area contributed by atoms with Crippen LogP contribution in [0.2, 0.25) is 0 Å². The number of nitrogens with zero attached hydrogens (tertiary/aromatic N) is 2. The Balaban J connectivity index is 2.32. The fourth-order valence-corrected chi connectivity index (χ4v) is 2.64. The van der Waals surface area contributed by atoms with Gasteiger partial charge in [-0.3, -0.25) is 9.59 Å². The van der Waals surface area contributed by atoms with Crippen molar-refractivity contribution < 1.29 is 27.9 Å². The van der Waals surface area contributed by atoms with Crippen molar-refractivity contribution in [1.29, 1.82) is 0 Å². The number of carbonyl (C=O) groups excluding carboxylic acids is 1. The van der Waals surface area contributed by atoms with Crippen LogP contribution in [-0.2, 0) is 11.0 Å². The number of rotatable bonds is 7. The predicted molar refractivity (Wildman–Crippen MR) is 91.7 cm³/mol. The molecule has 0 aliphatic carbocycles. The summed E-state index contributed by atoms with van der Waals surface area (Å²) in [5.41, 5.74) is -0.815. The van der Waals surface area contributed by atoms with Crippen molar-refractivity contribution in [2.45, 2.75) is 32.9 Å². The van der Waals surface area contributed by atoms with Gasteiger partial charge in [0.1, 0.15) is 0 Å². The van der Waals surface area contributed by atoms with Gasteiger partial charge < -0.3 is 10.4 Å². The lowest BCUT2D eigenvalue weighted by Crippen LogP contribution is -2.34. The summed E-state index contributed by atoms with van der Waals surface area (Å²) in [7, 11) is 0. The lowest BCUT2D eigenvalue weighted by molar-refractivity contribution is -0.143. The molecule has 0 fully saturated rings. The minimum Gasteiger partial charge on any atom is -0.481 e. The lowest BCUT2D eigenvalue weighted by Gasteiger charge is -2.14. The van der Waals surface area contributed by atoms with Crippen LogP contribution in [0, 0.1) is 12.8 Å². The molecule has 0 spiro atoms. The number of aliphatic carboxylic acids is 1. The lowest BCUT2D eigenvalue weighted by atomic mass is 10.0. The molecule has 1 aromatic carbocycles. The highest BCUT2D eigenvalue weighted by Gasteiger charge is 2.40. The number of amides is 1. The third-order valence-electron chi connectivity index (χ3n) is 4.06. The number of hydrogen-bond acceptors (Lipinski definition) is 3. The molecule has 27 heavy (non-hydrogen) atoms. The number of hydrogen-bond donors (Lipinski definition) is 2. The second-order valence-electron chi connectivity index (χ2n) is 6.19. The van der Waals surface area contributed by atoms with Crippen molar-refractivity contribution in [1.82, 2.24) is 15.1 Å². The maximum Gasteiger partial charge on any atom is 0.434 e. The topological polar surface area (TPSA) is 84.2 Å². The molecule has 1 unspecified atom stereocenters. The summed E-state index contributed by atoms with van der Waals surface area (Å²) in [5.74, 6) is -2.98. The van der Waals surface area contributed by atoms with Crippen molar-refractivity contribution in [3.8, 4) is 5.69 Å². The number of benzene rings is 1. The van der Waals surface area contributed by atoms with E-state index in [0.29, 0.717) is 17.5 Å². The van der Waals surface area contributed by atoms with Gasteiger partial charge in [0.05, 0.1) is 23.4 Å². The van der Waals surface area contributed by atoms with E-state index in [1.54, 1.807) is 26.0 Å². The number of alkyl halides is 3. The number of carbonyl (C=O) groups is 2. The summed E-state index contributed by atoms with van der Waals surface area (Å²) in [4.78, 5) is 23.4. The minimum absolute atomic E-state index is 0.168. The highest BCUT2D eigenvalue weighted by Crippen LogP contribution is 2.33. The average molecular weight is 383 g/mol. The summed E-state index contributed by atoms with van der Waals surface area (Å²) in [5, 5.41) is 15.1. The summed E-state index contributed by atoms with van der Waals surface area (Å²) in [6.07, 6.45) is -3.09. The number of halogens is 3. The van der Waals surface area contributed by atoms with Crippen LogP contribution in [0.3, 0.4) is 0 Å². The van der Waals surface area contributed by atoms with E-state index in [2.05, 4.69) is 10.4 Å². The largest absolute Gasteiger partial charge is 0.481 e. The van der Waals surface area contributed by atoms with E-state index in [9.17, 15) is 22.8 Å². The Hall–Kier alpha value is -2.84. The van der Waals surface area contributed by atoms with Crippen LogP contribution in [0.25, 0.3) is 5.69 Å². The van der Waals surface area contributed by atoms with Crippen molar-refractivity contribution in [2.24, 2.45) is 5.92 Å². The molecule has 1 amide bonds. The molecule has 146 valence electrons. The van der Waals surface area contributed by atoms with E-state index < -0.39 is 35.2 Å². The quantitative estimate of drug-likeness (QED) is 0.767. The second-order valence-corrected chi connectivity index (χ2v) is 6.19. The Labute approximate surface area is 154 Å². The third kappa shape index (κ3) is 4.87. The van der Waals surface area contributed by atoms with E-state index in [1.165, 1.54) is 12.1 Å². The van der Waals surface area contributed by atoms with Crippen molar-refractivity contribution in [3.63, 3.8) is 0 Å². The van der Waals surface area contributed by atoms with E-state index in [-0.39, 0.29) is 12.2 Å². The molecule has 2 aromatic rings. The first-order valence-electron chi connectivity index (χ1n) is 8.38. The maximum atomic E-state index is 13.6. The van der Waals surface area contributed by atoms with Gasteiger partial charge in [0.25, 0.3) is 5.91 Å². The minimum atomic E-state index is -4.82. The summed E-state index contributed by atoms with van der Waals surface area (Å²) in [6.45, 7) is 3.33. The SMILES string of the molecule is CCCC(CNC(=O)c1cnn(-c2ccc(C)cc2)c1C(F)(F)F)C(=O)O. The average Bonchev–Trinajstić information content (AvgIpc) is 3.04. The Kier molecular flexibility index (Phi) is 6.24. The molecule has 6 nitrogen and oxygen atoms in total. The Bertz CT molecular complexity index is 813. The Morgan fingerprint density at radius 2 is 1.89 bits per heavy atom. The van der Waals surface area contributed by atoms with Crippen LogP contribution in [0.4, 0.5) is 13.2 Å². The molecule has 1 aromatic heterocycles. The fourth-order valence-electron chi connectivity index (χ4n) is 2.64. The van der Waals surface area contributed by atoms with Gasteiger partial charge in [0, 0.05) is 6.54 Å². The zero-order chi connectivity index (χ0) is 20.2. The highest BCUT2D eigenvalue weighted by molar-refractivity contribution is 5.95. The number of aromatic nitrogens is 2. The first-order valence-corrected chi connectivity index (χ1v) is 8.38. The van der Waals surface area contributed by atoms with Gasteiger partial charge in [0.15, 0.2) is 5.69 Å². The third-order valence-corrected chi connectivity index (χ3v) is 4.06. The van der Waals surface area contributed by atoms with Crippen molar-refractivity contribution >= 4 is 11.9 Å². The Morgan fingerprint density at radius 1 is 1.26 bits per heavy atom. The molecule has 0 saturated carbocycles. The summed E-state index contributed by atoms with van der Waals surface area (Å²) < 4.78 is 41.4. The van der Waals surface area contributed by atoms with E-state index in [0.717, 1.165) is 11.8 Å². The van der Waals surface area contributed by atoms with Crippen molar-refractivity contribution in [3.05, 3.63) is 47.3 Å². The number of carboxylic acid groups (broad SMARTS) is 1. The number of aryl methyl sites for hydroxylation is 1. The number of carboxylic acids is 1. The van der Waals surface area contributed by atoms with E-state index in [1.807, 2.05) is 0 Å². The molecule has 9 heteroatoms. The fraction of sp³-hybridized carbons (Fsp3) is 0.389. The van der Waals surface area contributed by atoms with Gasteiger partial charge >= 0.3 is 12.1 Å². The molecule has 0 saturated heterocycles. The molecule has 0 bridgehead atoms. The van der Waals surface area contributed by atoms with Gasteiger partial charge in [-0.25, -0.2) is 4.68 Å². The molecule has 1 atom stereocenters. The molecule has 1 heterocycles. The Morgan fingerprint density at radius 3 is 2.41 bits per heavy atom. The zero-order valence-corrected chi connectivity index (χ0v) is 14.9. The van der Waals surface area contributed by atoms with E-state index >= 15 is 0 Å². The van der Waals surface area contributed by atoms with Crippen LogP contribution in [0.1, 0.15) is 41.4 Å². The summed E-state index contributed by atoms with van der Waals surface area (Å²) >= 11 is 0. The predicted octanol–water partition coefficient (Wildman–Crippen LogP) is 3.43. The van der Waals surface area contributed by atoms with Crippen LogP contribution in [0.5, 0.6) is 0 Å². The van der Waals surface area contributed by atoms with Gasteiger partial charge in [0.2, 0.25) is 0 Å². The molecular weight excluding hydrogens is 363 g/mol. The van der Waals surface area contributed by atoms with Crippen LogP contribution >= 0.6 is 0 Å². The summed E-state index contributed by atoms with van der Waals surface area (Å²) in [6, 6.07) is 6.22. The zero-order valence-electron chi connectivity index (χ0n) is 14.9. The highest BCUT2D eigenvalue weighted by atomic mass is 19.4. The first kappa shape index (κ1) is 20.5. The molecule has 0 aliphatic heterocycles. The number of nitrogens with one attached hydrogen (secondary N) is 1.